The Hall–Kier alpha value is -3.06. The monoisotopic (exact) mass is 468 g/mol. The number of carbonyl (C=O) groups is 2. The molecule has 2 heterocycles. The number of methoxy groups -OCH3 is 1. The number of H-pyrrole nitrogens is 1. The number of esters is 1. The lowest BCUT2D eigenvalue weighted by Gasteiger charge is -2.19. The largest absolute Gasteiger partial charge is 0.497 e. The molecule has 1 N–H and O–H groups in total. The Labute approximate surface area is 182 Å². The molecule has 0 unspecified atom stereocenters. The number of fused-ring (bicyclic) bond motifs is 3. The minimum atomic E-state index is -0.463. The standard InChI is InChI=1S/C23H21BrN2O4/c1-3-30-23(28)18-13-26(22(27)17-12-14(29-2)8-9-19(17)24)11-10-16-15-6-4-5-7-20(15)25-21(16)18/h4-9,12-13,25H,3,10-11H2,1-2H3. The molecule has 0 radical (unpaired) electrons. The van der Waals surface area contributed by atoms with Crippen LogP contribution in [0.15, 0.2) is 53.1 Å². The third-order valence-electron chi connectivity index (χ3n) is 5.13. The molecule has 3 aromatic rings. The fourth-order valence-corrected chi connectivity index (χ4v) is 4.10. The van der Waals surface area contributed by atoms with Gasteiger partial charge in [0, 0.05) is 28.1 Å². The number of para-hydroxylation sites is 1. The molecule has 1 aliphatic rings. The third kappa shape index (κ3) is 3.61. The average Bonchev–Trinajstić information content (AvgIpc) is 3.01. The number of benzene rings is 2. The number of aromatic nitrogens is 1. The summed E-state index contributed by atoms with van der Waals surface area (Å²) in [6, 6.07) is 13.1. The number of ether oxygens (including phenoxy) is 2. The van der Waals surface area contributed by atoms with Crippen LogP contribution in [0.25, 0.3) is 16.5 Å². The van der Waals surface area contributed by atoms with Crippen molar-refractivity contribution in [2.45, 2.75) is 13.3 Å². The van der Waals surface area contributed by atoms with E-state index >= 15 is 0 Å². The van der Waals surface area contributed by atoms with Gasteiger partial charge in [0.1, 0.15) is 5.75 Å². The first-order chi connectivity index (χ1) is 14.5. The summed E-state index contributed by atoms with van der Waals surface area (Å²) < 4.78 is 11.2. The van der Waals surface area contributed by atoms with Crippen molar-refractivity contribution >= 4 is 44.3 Å². The molecule has 0 atom stereocenters. The molecular weight excluding hydrogens is 448 g/mol. The third-order valence-corrected chi connectivity index (χ3v) is 5.82. The van der Waals surface area contributed by atoms with Crippen LogP contribution in [0.5, 0.6) is 5.75 Å². The normalized spacial score (nSPS) is 13.4. The van der Waals surface area contributed by atoms with Crippen molar-refractivity contribution in [3.8, 4) is 5.75 Å². The number of hydrogen-bond acceptors (Lipinski definition) is 4. The highest BCUT2D eigenvalue weighted by molar-refractivity contribution is 9.10. The maximum atomic E-state index is 13.3. The lowest BCUT2D eigenvalue weighted by atomic mass is 10.0. The molecule has 0 aliphatic carbocycles. The van der Waals surface area contributed by atoms with E-state index < -0.39 is 5.97 Å². The molecule has 0 fully saturated rings. The maximum Gasteiger partial charge on any atom is 0.341 e. The van der Waals surface area contributed by atoms with E-state index in [2.05, 4.69) is 20.9 Å². The minimum Gasteiger partial charge on any atom is -0.497 e. The molecule has 154 valence electrons. The van der Waals surface area contributed by atoms with Crippen LogP contribution >= 0.6 is 15.9 Å². The van der Waals surface area contributed by atoms with Crippen LogP contribution in [0.4, 0.5) is 0 Å². The fourth-order valence-electron chi connectivity index (χ4n) is 3.68. The van der Waals surface area contributed by atoms with E-state index in [4.69, 9.17) is 9.47 Å². The number of nitrogens with zero attached hydrogens (tertiary/aromatic N) is 1. The Bertz CT molecular complexity index is 1170. The van der Waals surface area contributed by atoms with E-state index in [1.807, 2.05) is 24.3 Å². The van der Waals surface area contributed by atoms with Crippen molar-refractivity contribution in [2.75, 3.05) is 20.3 Å². The molecule has 0 saturated heterocycles. The van der Waals surface area contributed by atoms with Gasteiger partial charge in [-0.2, -0.15) is 0 Å². The average molecular weight is 469 g/mol. The van der Waals surface area contributed by atoms with Gasteiger partial charge in [-0.25, -0.2) is 4.79 Å². The highest BCUT2D eigenvalue weighted by Crippen LogP contribution is 2.32. The molecule has 1 aliphatic heterocycles. The smallest absolute Gasteiger partial charge is 0.341 e. The molecule has 1 aromatic heterocycles. The van der Waals surface area contributed by atoms with Crippen LogP contribution in [-0.4, -0.2) is 42.0 Å². The summed E-state index contributed by atoms with van der Waals surface area (Å²) in [5.41, 5.74) is 3.46. The molecule has 0 spiro atoms. The van der Waals surface area contributed by atoms with Crippen LogP contribution in [-0.2, 0) is 16.0 Å². The lowest BCUT2D eigenvalue weighted by Crippen LogP contribution is -2.28. The number of halogens is 1. The van der Waals surface area contributed by atoms with Crippen LogP contribution in [0.1, 0.15) is 28.5 Å². The fraction of sp³-hybridized carbons (Fsp3) is 0.217. The first-order valence-electron chi connectivity index (χ1n) is 9.67. The van der Waals surface area contributed by atoms with Crippen LogP contribution in [0, 0.1) is 0 Å². The van der Waals surface area contributed by atoms with Gasteiger partial charge in [-0.1, -0.05) is 18.2 Å². The molecule has 30 heavy (non-hydrogen) atoms. The number of carbonyl (C=O) groups excluding carboxylic acids is 2. The number of aromatic amines is 1. The zero-order chi connectivity index (χ0) is 21.3. The van der Waals surface area contributed by atoms with Crippen molar-refractivity contribution in [3.05, 3.63) is 70.0 Å². The van der Waals surface area contributed by atoms with E-state index in [0.717, 1.165) is 16.5 Å². The second-order valence-electron chi connectivity index (χ2n) is 6.88. The quantitative estimate of drug-likeness (QED) is 0.570. The van der Waals surface area contributed by atoms with Crippen LogP contribution in [0.2, 0.25) is 0 Å². The summed E-state index contributed by atoms with van der Waals surface area (Å²) >= 11 is 3.45. The SMILES string of the molecule is CCOC(=O)C1=CN(C(=O)c2cc(OC)ccc2Br)CCc2c1[nH]c1ccccc21. The summed E-state index contributed by atoms with van der Waals surface area (Å²) in [6.45, 7) is 2.44. The van der Waals surface area contributed by atoms with Gasteiger partial charge < -0.3 is 19.4 Å². The maximum absolute atomic E-state index is 13.3. The van der Waals surface area contributed by atoms with Crippen molar-refractivity contribution in [2.24, 2.45) is 0 Å². The van der Waals surface area contributed by atoms with Gasteiger partial charge in [0.25, 0.3) is 5.91 Å². The molecule has 7 heteroatoms. The lowest BCUT2D eigenvalue weighted by molar-refractivity contribution is -0.136. The van der Waals surface area contributed by atoms with Crippen molar-refractivity contribution in [1.82, 2.24) is 9.88 Å². The summed E-state index contributed by atoms with van der Waals surface area (Å²) in [7, 11) is 1.56. The summed E-state index contributed by atoms with van der Waals surface area (Å²) in [6.07, 6.45) is 2.19. The van der Waals surface area contributed by atoms with Gasteiger partial charge in [0.2, 0.25) is 0 Å². The zero-order valence-electron chi connectivity index (χ0n) is 16.7. The van der Waals surface area contributed by atoms with E-state index in [1.54, 1.807) is 43.3 Å². The van der Waals surface area contributed by atoms with Gasteiger partial charge in [-0.05, 0) is 59.1 Å². The first kappa shape index (κ1) is 20.2. The van der Waals surface area contributed by atoms with Gasteiger partial charge in [0.05, 0.1) is 30.5 Å². The highest BCUT2D eigenvalue weighted by Gasteiger charge is 2.28. The molecule has 0 bridgehead atoms. The number of hydrogen-bond donors (Lipinski definition) is 1. The van der Waals surface area contributed by atoms with Gasteiger partial charge in [-0.15, -0.1) is 0 Å². The molecule has 6 nitrogen and oxygen atoms in total. The minimum absolute atomic E-state index is 0.225. The zero-order valence-corrected chi connectivity index (χ0v) is 18.3. The van der Waals surface area contributed by atoms with Crippen molar-refractivity contribution < 1.29 is 19.1 Å². The second-order valence-corrected chi connectivity index (χ2v) is 7.74. The molecule has 1 amide bonds. The van der Waals surface area contributed by atoms with E-state index in [-0.39, 0.29) is 12.5 Å². The molecule has 2 aromatic carbocycles. The number of amides is 1. The topological polar surface area (TPSA) is 71.6 Å². The molecule has 0 saturated carbocycles. The first-order valence-corrected chi connectivity index (χ1v) is 10.5. The van der Waals surface area contributed by atoms with E-state index in [1.165, 1.54) is 0 Å². The van der Waals surface area contributed by atoms with Crippen LogP contribution in [0.3, 0.4) is 0 Å². The van der Waals surface area contributed by atoms with Gasteiger partial charge in [-0.3, -0.25) is 4.79 Å². The number of rotatable bonds is 4. The predicted molar refractivity (Wildman–Crippen MR) is 118 cm³/mol. The summed E-state index contributed by atoms with van der Waals surface area (Å²) in [5.74, 6) is -0.103. The van der Waals surface area contributed by atoms with Crippen molar-refractivity contribution in [1.29, 1.82) is 0 Å². The van der Waals surface area contributed by atoms with E-state index in [9.17, 15) is 9.59 Å². The summed E-state index contributed by atoms with van der Waals surface area (Å²) in [5, 5.41) is 1.04. The summed E-state index contributed by atoms with van der Waals surface area (Å²) in [4.78, 5) is 31.0. The highest BCUT2D eigenvalue weighted by atomic mass is 79.9. The molecule has 4 rings (SSSR count). The number of nitrogens with one attached hydrogen (secondary N) is 1. The second kappa shape index (κ2) is 8.36. The van der Waals surface area contributed by atoms with Gasteiger partial charge >= 0.3 is 5.97 Å². The Balaban J connectivity index is 1.80. The predicted octanol–water partition coefficient (Wildman–Crippen LogP) is 4.54. The Morgan fingerprint density at radius 1 is 1.20 bits per heavy atom. The molecular formula is C23H21BrN2O4. The Kier molecular flexibility index (Phi) is 5.63. The Morgan fingerprint density at radius 2 is 2.00 bits per heavy atom. The van der Waals surface area contributed by atoms with E-state index in [0.29, 0.717) is 40.0 Å². The Morgan fingerprint density at radius 3 is 2.77 bits per heavy atom. The van der Waals surface area contributed by atoms with Crippen molar-refractivity contribution in [3.63, 3.8) is 0 Å². The van der Waals surface area contributed by atoms with Gasteiger partial charge in [0.15, 0.2) is 0 Å². The van der Waals surface area contributed by atoms with Crippen LogP contribution < -0.4 is 4.74 Å².